The number of hydrogen-bond acceptors (Lipinski definition) is 2. The molecule has 10 heavy (non-hydrogen) atoms. The van der Waals surface area contributed by atoms with E-state index in [1.807, 2.05) is 6.92 Å². The minimum absolute atomic E-state index is 0.396. The second-order valence-corrected chi connectivity index (χ2v) is 3.25. The van der Waals surface area contributed by atoms with Crippen LogP contribution < -0.4 is 0 Å². The van der Waals surface area contributed by atoms with Crippen LogP contribution in [0.4, 0.5) is 0 Å². The highest BCUT2D eigenvalue weighted by Gasteiger charge is 2.41. The molecule has 0 saturated heterocycles. The zero-order valence-electron chi connectivity index (χ0n) is 6.34. The Morgan fingerprint density at radius 1 is 1.80 bits per heavy atom. The summed E-state index contributed by atoms with van der Waals surface area (Å²) in [6.45, 7) is 2.04. The van der Waals surface area contributed by atoms with Gasteiger partial charge in [0.1, 0.15) is 6.29 Å². The molecule has 2 unspecified atom stereocenters. The van der Waals surface area contributed by atoms with E-state index in [0.717, 1.165) is 19.1 Å². The summed E-state index contributed by atoms with van der Waals surface area (Å²) in [6, 6.07) is 0. The summed E-state index contributed by atoms with van der Waals surface area (Å²) in [5.41, 5.74) is -0.499. The molecule has 0 heterocycles. The monoisotopic (exact) mass is 142 g/mol. The number of carbonyl (C=O) groups is 1. The van der Waals surface area contributed by atoms with E-state index >= 15 is 0 Å². The molecule has 2 nitrogen and oxygen atoms in total. The van der Waals surface area contributed by atoms with Gasteiger partial charge in [0.05, 0.1) is 5.60 Å². The van der Waals surface area contributed by atoms with Crippen molar-refractivity contribution in [3.8, 4) is 0 Å². The lowest BCUT2D eigenvalue weighted by molar-refractivity contribution is -0.115. The van der Waals surface area contributed by atoms with Gasteiger partial charge >= 0.3 is 0 Å². The first-order valence-corrected chi connectivity index (χ1v) is 3.85. The molecular formula is C8H14O2. The molecule has 2 heteroatoms. The van der Waals surface area contributed by atoms with E-state index in [4.69, 9.17) is 0 Å². The normalized spacial score (nSPS) is 38.8. The van der Waals surface area contributed by atoms with Gasteiger partial charge in [-0.25, -0.2) is 0 Å². The molecule has 0 aliphatic heterocycles. The fraction of sp³-hybridized carbons (Fsp3) is 0.875. The van der Waals surface area contributed by atoms with Crippen molar-refractivity contribution in [1.82, 2.24) is 0 Å². The first kappa shape index (κ1) is 7.73. The molecular weight excluding hydrogens is 128 g/mol. The number of aldehydes is 1. The zero-order valence-corrected chi connectivity index (χ0v) is 6.34. The van der Waals surface area contributed by atoms with Gasteiger partial charge in [-0.1, -0.05) is 6.92 Å². The first-order chi connectivity index (χ1) is 4.69. The third-order valence-electron chi connectivity index (χ3n) is 2.62. The third-order valence-corrected chi connectivity index (χ3v) is 2.62. The summed E-state index contributed by atoms with van der Waals surface area (Å²) in [4.78, 5) is 9.99. The van der Waals surface area contributed by atoms with Crippen molar-refractivity contribution >= 4 is 6.29 Å². The number of rotatable bonds is 3. The fourth-order valence-electron chi connectivity index (χ4n) is 1.45. The van der Waals surface area contributed by atoms with E-state index in [2.05, 4.69) is 0 Å². The average molecular weight is 142 g/mol. The SMILES string of the molecule is CC1CCC1(O)CCC=O. The molecule has 58 valence electrons. The molecule has 1 rings (SSSR count). The molecule has 0 bridgehead atoms. The number of aliphatic hydroxyl groups is 1. The van der Waals surface area contributed by atoms with Gasteiger partial charge in [0.25, 0.3) is 0 Å². The molecule has 1 N–H and O–H groups in total. The van der Waals surface area contributed by atoms with Crippen LogP contribution in [0.1, 0.15) is 32.6 Å². The van der Waals surface area contributed by atoms with Gasteiger partial charge in [0.15, 0.2) is 0 Å². The van der Waals surface area contributed by atoms with E-state index in [9.17, 15) is 9.90 Å². The van der Waals surface area contributed by atoms with Gasteiger partial charge in [-0.05, 0) is 25.2 Å². The van der Waals surface area contributed by atoms with E-state index in [1.165, 1.54) is 0 Å². The zero-order chi connectivity index (χ0) is 7.61. The van der Waals surface area contributed by atoms with Crippen LogP contribution in [-0.2, 0) is 4.79 Å². The van der Waals surface area contributed by atoms with Crippen molar-refractivity contribution < 1.29 is 9.90 Å². The maximum atomic E-state index is 9.99. The van der Waals surface area contributed by atoms with Gasteiger partial charge in [0.2, 0.25) is 0 Å². The van der Waals surface area contributed by atoms with Crippen LogP contribution in [0.5, 0.6) is 0 Å². The predicted octanol–water partition coefficient (Wildman–Crippen LogP) is 1.13. The highest BCUT2D eigenvalue weighted by molar-refractivity contribution is 5.49. The van der Waals surface area contributed by atoms with Crippen LogP contribution in [0.25, 0.3) is 0 Å². The maximum absolute atomic E-state index is 9.99. The quantitative estimate of drug-likeness (QED) is 0.600. The molecule has 0 spiro atoms. The maximum Gasteiger partial charge on any atom is 0.120 e. The van der Waals surface area contributed by atoms with Gasteiger partial charge in [0, 0.05) is 6.42 Å². The lowest BCUT2D eigenvalue weighted by atomic mass is 9.68. The van der Waals surface area contributed by atoms with Gasteiger partial charge in [-0.15, -0.1) is 0 Å². The van der Waals surface area contributed by atoms with Crippen LogP contribution >= 0.6 is 0 Å². The van der Waals surface area contributed by atoms with Crippen molar-refractivity contribution in [2.45, 2.75) is 38.2 Å². The first-order valence-electron chi connectivity index (χ1n) is 3.85. The summed E-state index contributed by atoms with van der Waals surface area (Å²) in [5, 5.41) is 9.65. The predicted molar refractivity (Wildman–Crippen MR) is 38.6 cm³/mol. The minimum atomic E-state index is -0.499. The molecule has 1 fully saturated rings. The Labute approximate surface area is 61.2 Å². The summed E-state index contributed by atoms with van der Waals surface area (Å²) in [6.07, 6.45) is 4.01. The number of carbonyl (C=O) groups excluding carboxylic acids is 1. The Bertz CT molecular complexity index is 133. The second kappa shape index (κ2) is 2.70. The Morgan fingerprint density at radius 3 is 2.80 bits per heavy atom. The van der Waals surface area contributed by atoms with Crippen molar-refractivity contribution in [3.63, 3.8) is 0 Å². The molecule has 0 amide bonds. The molecule has 1 aliphatic carbocycles. The lowest BCUT2D eigenvalue weighted by Gasteiger charge is -2.43. The Morgan fingerprint density at radius 2 is 2.50 bits per heavy atom. The van der Waals surface area contributed by atoms with Crippen molar-refractivity contribution in [2.75, 3.05) is 0 Å². The van der Waals surface area contributed by atoms with E-state index in [1.54, 1.807) is 0 Å². The highest BCUT2D eigenvalue weighted by atomic mass is 16.3. The van der Waals surface area contributed by atoms with Crippen LogP contribution in [0, 0.1) is 5.92 Å². The minimum Gasteiger partial charge on any atom is -0.390 e. The molecule has 0 aromatic carbocycles. The average Bonchev–Trinajstić information content (AvgIpc) is 1.97. The third kappa shape index (κ3) is 1.21. The highest BCUT2D eigenvalue weighted by Crippen LogP contribution is 2.40. The lowest BCUT2D eigenvalue weighted by Crippen LogP contribution is -2.45. The molecule has 1 aliphatic rings. The Balaban J connectivity index is 2.30. The van der Waals surface area contributed by atoms with Crippen molar-refractivity contribution in [2.24, 2.45) is 5.92 Å². The fourth-order valence-corrected chi connectivity index (χ4v) is 1.45. The van der Waals surface area contributed by atoms with Crippen molar-refractivity contribution in [1.29, 1.82) is 0 Å². The van der Waals surface area contributed by atoms with Crippen LogP contribution in [0.3, 0.4) is 0 Å². The largest absolute Gasteiger partial charge is 0.390 e. The Kier molecular flexibility index (Phi) is 2.09. The van der Waals surface area contributed by atoms with Crippen molar-refractivity contribution in [3.05, 3.63) is 0 Å². The Hall–Kier alpha value is -0.370. The van der Waals surface area contributed by atoms with Crippen LogP contribution in [-0.4, -0.2) is 17.0 Å². The molecule has 0 radical (unpaired) electrons. The molecule has 2 atom stereocenters. The molecule has 0 aromatic heterocycles. The van der Waals surface area contributed by atoms with E-state index < -0.39 is 5.60 Å². The number of hydrogen-bond donors (Lipinski definition) is 1. The standard InChI is InChI=1S/C8H14O2/c1-7-3-5-8(7,10)4-2-6-9/h6-7,10H,2-5H2,1H3. The van der Waals surface area contributed by atoms with E-state index in [0.29, 0.717) is 18.8 Å². The summed E-state index contributed by atoms with van der Waals surface area (Å²) < 4.78 is 0. The summed E-state index contributed by atoms with van der Waals surface area (Å²) in [5.74, 6) is 0.396. The van der Waals surface area contributed by atoms with E-state index in [-0.39, 0.29) is 0 Å². The van der Waals surface area contributed by atoms with Gasteiger partial charge in [-0.3, -0.25) is 0 Å². The molecule has 1 saturated carbocycles. The smallest absolute Gasteiger partial charge is 0.120 e. The van der Waals surface area contributed by atoms with Crippen LogP contribution in [0.2, 0.25) is 0 Å². The summed E-state index contributed by atoms with van der Waals surface area (Å²) in [7, 11) is 0. The summed E-state index contributed by atoms with van der Waals surface area (Å²) >= 11 is 0. The van der Waals surface area contributed by atoms with Crippen LogP contribution in [0.15, 0.2) is 0 Å². The topological polar surface area (TPSA) is 37.3 Å². The van der Waals surface area contributed by atoms with Gasteiger partial charge in [-0.2, -0.15) is 0 Å². The van der Waals surface area contributed by atoms with Gasteiger partial charge < -0.3 is 9.90 Å². The molecule has 0 aromatic rings. The second-order valence-electron chi connectivity index (χ2n) is 3.25.